The predicted molar refractivity (Wildman–Crippen MR) is 115 cm³/mol. The van der Waals surface area contributed by atoms with Crippen LogP contribution in [0.15, 0.2) is 58.4 Å². The van der Waals surface area contributed by atoms with E-state index in [2.05, 4.69) is 5.32 Å². The third-order valence-corrected chi connectivity index (χ3v) is 5.58. The first-order valence-electron chi connectivity index (χ1n) is 9.14. The molecule has 0 aliphatic rings. The lowest BCUT2D eigenvalue weighted by Crippen LogP contribution is -2.31. The van der Waals surface area contributed by atoms with E-state index in [1.807, 2.05) is 61.1 Å². The number of benzene rings is 2. The Balaban J connectivity index is 1.96. The normalized spacial score (nSPS) is 12.0. The van der Waals surface area contributed by atoms with E-state index in [0.717, 1.165) is 16.0 Å². The molecular formula is C22H24N2O3S. The van der Waals surface area contributed by atoms with Gasteiger partial charge in [0.1, 0.15) is 11.3 Å². The van der Waals surface area contributed by atoms with Gasteiger partial charge in [0, 0.05) is 17.6 Å². The van der Waals surface area contributed by atoms with Crippen LogP contribution in [0.5, 0.6) is 5.75 Å². The Morgan fingerprint density at radius 2 is 1.93 bits per heavy atom. The summed E-state index contributed by atoms with van der Waals surface area (Å²) in [4.78, 5) is 27.0. The summed E-state index contributed by atoms with van der Waals surface area (Å²) in [6.45, 7) is 4.54. The summed E-state index contributed by atoms with van der Waals surface area (Å²) in [5.41, 5.74) is 1.62. The Labute approximate surface area is 168 Å². The summed E-state index contributed by atoms with van der Waals surface area (Å²) in [6.07, 6.45) is 3.66. The van der Waals surface area contributed by atoms with Crippen LogP contribution in [0.25, 0.3) is 10.9 Å². The zero-order valence-corrected chi connectivity index (χ0v) is 17.3. The van der Waals surface area contributed by atoms with Crippen LogP contribution in [-0.4, -0.2) is 23.8 Å². The van der Waals surface area contributed by atoms with Crippen LogP contribution in [0, 0.1) is 0 Å². The predicted octanol–water partition coefficient (Wildman–Crippen LogP) is 4.24. The first-order valence-corrected chi connectivity index (χ1v) is 10.4. The van der Waals surface area contributed by atoms with E-state index in [4.69, 9.17) is 4.74 Å². The molecule has 3 aromatic rings. The van der Waals surface area contributed by atoms with Crippen LogP contribution in [0.3, 0.4) is 0 Å². The van der Waals surface area contributed by atoms with Crippen LogP contribution in [0.4, 0.5) is 0 Å². The molecule has 0 bridgehead atoms. The number of aryl methyl sites for hydroxylation is 1. The van der Waals surface area contributed by atoms with Crippen molar-refractivity contribution in [3.8, 4) is 5.75 Å². The van der Waals surface area contributed by atoms with E-state index >= 15 is 0 Å². The van der Waals surface area contributed by atoms with Crippen molar-refractivity contribution < 1.29 is 9.53 Å². The molecule has 0 unspecified atom stereocenters. The van der Waals surface area contributed by atoms with Crippen molar-refractivity contribution in [2.75, 3.05) is 13.4 Å². The number of carbonyl (C=O) groups excluding carboxylic acids is 1. The summed E-state index contributed by atoms with van der Waals surface area (Å²) < 4.78 is 7.15. The molecule has 5 nitrogen and oxygen atoms in total. The lowest BCUT2D eigenvalue weighted by Gasteiger charge is -2.16. The van der Waals surface area contributed by atoms with Gasteiger partial charge in [0.2, 0.25) is 5.43 Å². The van der Waals surface area contributed by atoms with Crippen molar-refractivity contribution >= 4 is 28.6 Å². The van der Waals surface area contributed by atoms with Crippen molar-refractivity contribution in [1.82, 2.24) is 9.88 Å². The number of pyridine rings is 1. The Bertz CT molecular complexity index is 1060. The number of hydrogen-bond donors (Lipinski definition) is 1. The number of fused-ring (bicyclic) bond motifs is 1. The minimum Gasteiger partial charge on any atom is -0.497 e. The van der Waals surface area contributed by atoms with Crippen molar-refractivity contribution in [3.05, 3.63) is 70.0 Å². The number of thioether (sulfide) groups is 1. The summed E-state index contributed by atoms with van der Waals surface area (Å²) in [6, 6.07) is 13.2. The average molecular weight is 397 g/mol. The van der Waals surface area contributed by atoms with Gasteiger partial charge in [-0.1, -0.05) is 12.1 Å². The molecule has 2 aromatic carbocycles. The monoisotopic (exact) mass is 396 g/mol. The number of rotatable bonds is 6. The van der Waals surface area contributed by atoms with Gasteiger partial charge in [0.15, 0.2) is 0 Å². The van der Waals surface area contributed by atoms with Gasteiger partial charge in [-0.05, 0) is 56.0 Å². The average Bonchev–Trinajstić information content (AvgIpc) is 2.73. The maximum Gasteiger partial charge on any atom is 0.257 e. The molecule has 3 rings (SSSR count). The number of carbonyl (C=O) groups is 1. The Kier molecular flexibility index (Phi) is 6.09. The molecule has 1 aromatic heterocycles. The molecule has 0 spiro atoms. The first kappa shape index (κ1) is 20.0. The minimum atomic E-state index is -0.377. The Morgan fingerprint density at radius 3 is 2.54 bits per heavy atom. The molecule has 0 fully saturated rings. The van der Waals surface area contributed by atoms with Crippen LogP contribution in [0.2, 0.25) is 0 Å². The van der Waals surface area contributed by atoms with Gasteiger partial charge >= 0.3 is 0 Å². The van der Waals surface area contributed by atoms with Crippen molar-refractivity contribution in [2.24, 2.45) is 0 Å². The van der Waals surface area contributed by atoms with Crippen molar-refractivity contribution in [2.45, 2.75) is 31.3 Å². The van der Waals surface area contributed by atoms with E-state index in [-0.39, 0.29) is 22.9 Å². The molecule has 1 N–H and O–H groups in total. The number of nitrogens with one attached hydrogen (secondary N) is 1. The maximum atomic E-state index is 13.0. The summed E-state index contributed by atoms with van der Waals surface area (Å²) in [5.74, 6) is 0.213. The largest absolute Gasteiger partial charge is 0.497 e. The first-order chi connectivity index (χ1) is 13.5. The van der Waals surface area contributed by atoms with E-state index < -0.39 is 0 Å². The molecule has 0 saturated carbocycles. The summed E-state index contributed by atoms with van der Waals surface area (Å²) >= 11 is 1.67. The molecule has 146 valence electrons. The third-order valence-electron chi connectivity index (χ3n) is 4.84. The number of nitrogens with zero attached hydrogens (tertiary/aromatic N) is 1. The highest BCUT2D eigenvalue weighted by molar-refractivity contribution is 7.98. The summed E-state index contributed by atoms with van der Waals surface area (Å²) in [5, 5.41) is 3.42. The van der Waals surface area contributed by atoms with Gasteiger partial charge in [-0.15, -0.1) is 11.8 Å². The van der Waals surface area contributed by atoms with Gasteiger partial charge in [-0.25, -0.2) is 0 Å². The molecular weight excluding hydrogens is 372 g/mol. The van der Waals surface area contributed by atoms with Crippen molar-refractivity contribution in [3.63, 3.8) is 0 Å². The number of hydrogen-bond acceptors (Lipinski definition) is 4. The fourth-order valence-corrected chi connectivity index (χ4v) is 3.59. The zero-order valence-electron chi connectivity index (χ0n) is 16.5. The van der Waals surface area contributed by atoms with E-state index in [1.54, 1.807) is 31.1 Å². The van der Waals surface area contributed by atoms with Crippen LogP contribution in [-0.2, 0) is 6.54 Å². The quantitative estimate of drug-likeness (QED) is 0.633. The zero-order chi connectivity index (χ0) is 20.3. The third kappa shape index (κ3) is 3.92. The lowest BCUT2D eigenvalue weighted by atomic mass is 10.1. The smallest absolute Gasteiger partial charge is 0.257 e. The molecule has 1 amide bonds. The van der Waals surface area contributed by atoms with Gasteiger partial charge in [-0.3, -0.25) is 9.59 Å². The van der Waals surface area contributed by atoms with Crippen LogP contribution < -0.4 is 15.5 Å². The van der Waals surface area contributed by atoms with Crippen LogP contribution >= 0.6 is 11.8 Å². The maximum absolute atomic E-state index is 13.0. The molecule has 0 radical (unpaired) electrons. The fraction of sp³-hybridized carbons (Fsp3) is 0.273. The highest BCUT2D eigenvalue weighted by Crippen LogP contribution is 2.21. The van der Waals surface area contributed by atoms with Gasteiger partial charge in [0.25, 0.3) is 5.91 Å². The van der Waals surface area contributed by atoms with Gasteiger partial charge < -0.3 is 14.6 Å². The van der Waals surface area contributed by atoms with Crippen LogP contribution in [0.1, 0.15) is 35.8 Å². The van der Waals surface area contributed by atoms with Crippen molar-refractivity contribution in [1.29, 1.82) is 0 Å². The number of aromatic nitrogens is 1. The molecule has 28 heavy (non-hydrogen) atoms. The molecule has 0 aliphatic heterocycles. The van der Waals surface area contributed by atoms with Gasteiger partial charge in [0.05, 0.1) is 24.1 Å². The highest BCUT2D eigenvalue weighted by atomic mass is 32.2. The van der Waals surface area contributed by atoms with E-state index in [9.17, 15) is 9.59 Å². The minimum absolute atomic E-state index is 0.134. The molecule has 1 atom stereocenters. The Hall–Kier alpha value is -2.73. The molecule has 0 saturated heterocycles. The second-order valence-corrected chi connectivity index (χ2v) is 7.39. The lowest BCUT2D eigenvalue weighted by molar-refractivity contribution is 0.0938. The number of methoxy groups -OCH3 is 1. The topological polar surface area (TPSA) is 60.3 Å². The molecule has 1 heterocycles. The van der Waals surface area contributed by atoms with Gasteiger partial charge in [-0.2, -0.15) is 0 Å². The number of amides is 1. The van der Waals surface area contributed by atoms with E-state index in [1.165, 1.54) is 0 Å². The molecule has 6 heteroatoms. The highest BCUT2D eigenvalue weighted by Gasteiger charge is 2.18. The second-order valence-electron chi connectivity index (χ2n) is 6.51. The SMILES string of the molecule is CCn1cc(C(=O)N[C@@H](C)c2ccc(SC)cc2)c(=O)c2cc(OC)ccc21. The fourth-order valence-electron chi connectivity index (χ4n) is 3.18. The van der Waals surface area contributed by atoms with E-state index in [0.29, 0.717) is 17.7 Å². The summed E-state index contributed by atoms with van der Waals surface area (Å²) in [7, 11) is 1.56. The number of ether oxygens (including phenoxy) is 1. The second kappa shape index (κ2) is 8.52. The standard InChI is InChI=1S/C22H24N2O3S/c1-5-24-13-19(21(25)18-12-16(27-3)8-11-20(18)24)22(26)23-14(2)15-6-9-17(28-4)10-7-15/h6-14H,5H2,1-4H3,(H,23,26)/t14-/m0/s1. The molecule has 0 aliphatic carbocycles. The Morgan fingerprint density at radius 1 is 1.21 bits per heavy atom.